The summed E-state index contributed by atoms with van der Waals surface area (Å²) in [5.41, 5.74) is 1.63. The number of rotatable bonds is 5. The van der Waals surface area contributed by atoms with Crippen LogP contribution in [-0.4, -0.2) is 26.1 Å². The fourth-order valence-corrected chi connectivity index (χ4v) is 2.37. The molecule has 0 unspecified atom stereocenters. The summed E-state index contributed by atoms with van der Waals surface area (Å²) in [7, 11) is 0. The molecule has 0 saturated heterocycles. The first-order valence-electron chi connectivity index (χ1n) is 7.15. The summed E-state index contributed by atoms with van der Waals surface area (Å²) in [5.74, 6) is 0.209. The van der Waals surface area contributed by atoms with E-state index in [2.05, 4.69) is 20.7 Å². The Kier molecular flexibility index (Phi) is 5.08. The molecule has 0 saturated carbocycles. The van der Waals surface area contributed by atoms with Gasteiger partial charge in [0.25, 0.3) is 0 Å². The third kappa shape index (κ3) is 4.10. The molecule has 122 valence electrons. The molecule has 0 aliphatic heterocycles. The lowest BCUT2D eigenvalue weighted by molar-refractivity contribution is -0.122. The van der Waals surface area contributed by atoms with E-state index in [1.807, 2.05) is 18.2 Å². The maximum atomic E-state index is 12.0. The number of halogens is 2. The number of carbonyl (C=O) groups is 1. The van der Waals surface area contributed by atoms with Crippen LogP contribution < -0.4 is 5.32 Å². The summed E-state index contributed by atoms with van der Waals surface area (Å²) in [6.45, 7) is 0.322. The number of tetrazole rings is 1. The van der Waals surface area contributed by atoms with Crippen LogP contribution >= 0.6 is 23.2 Å². The van der Waals surface area contributed by atoms with Crippen molar-refractivity contribution >= 4 is 29.1 Å². The van der Waals surface area contributed by atoms with E-state index in [-0.39, 0.29) is 12.5 Å². The highest BCUT2D eigenvalue weighted by Crippen LogP contribution is 2.17. The second-order valence-corrected chi connectivity index (χ2v) is 5.86. The lowest BCUT2D eigenvalue weighted by atomic mass is 10.2. The summed E-state index contributed by atoms with van der Waals surface area (Å²) in [5, 5.41) is 16.0. The van der Waals surface area contributed by atoms with Crippen LogP contribution in [0.4, 0.5) is 0 Å². The van der Waals surface area contributed by atoms with Crippen molar-refractivity contribution in [2.75, 3.05) is 0 Å². The van der Waals surface area contributed by atoms with Crippen molar-refractivity contribution in [1.82, 2.24) is 25.5 Å². The van der Waals surface area contributed by atoms with E-state index >= 15 is 0 Å². The minimum atomic E-state index is -0.227. The highest BCUT2D eigenvalue weighted by atomic mass is 35.5. The average Bonchev–Trinajstić information content (AvgIpc) is 3.03. The molecule has 0 fully saturated rings. The normalized spacial score (nSPS) is 10.6. The molecule has 1 amide bonds. The maximum absolute atomic E-state index is 12.0. The van der Waals surface area contributed by atoms with Crippen LogP contribution in [0.25, 0.3) is 11.4 Å². The van der Waals surface area contributed by atoms with E-state index in [0.29, 0.717) is 22.4 Å². The number of hydrogen-bond acceptors (Lipinski definition) is 4. The zero-order valence-corrected chi connectivity index (χ0v) is 14.0. The second kappa shape index (κ2) is 7.42. The van der Waals surface area contributed by atoms with Crippen LogP contribution in [-0.2, 0) is 17.9 Å². The monoisotopic (exact) mass is 361 g/mol. The predicted molar refractivity (Wildman–Crippen MR) is 91.6 cm³/mol. The van der Waals surface area contributed by atoms with Gasteiger partial charge < -0.3 is 5.32 Å². The molecule has 0 atom stereocenters. The first-order chi connectivity index (χ1) is 11.6. The highest BCUT2D eigenvalue weighted by Gasteiger charge is 2.09. The van der Waals surface area contributed by atoms with Gasteiger partial charge in [-0.3, -0.25) is 4.79 Å². The van der Waals surface area contributed by atoms with Crippen molar-refractivity contribution in [2.45, 2.75) is 13.1 Å². The molecular formula is C16H13Cl2N5O. The molecule has 0 spiro atoms. The van der Waals surface area contributed by atoms with Crippen molar-refractivity contribution < 1.29 is 4.79 Å². The van der Waals surface area contributed by atoms with Crippen LogP contribution in [0, 0.1) is 0 Å². The number of nitrogens with zero attached hydrogens (tertiary/aromatic N) is 4. The van der Waals surface area contributed by atoms with Crippen LogP contribution in [0.3, 0.4) is 0 Å². The van der Waals surface area contributed by atoms with E-state index in [0.717, 1.165) is 11.1 Å². The number of carbonyl (C=O) groups excluding carboxylic acids is 1. The third-order valence-corrected chi connectivity index (χ3v) is 3.89. The van der Waals surface area contributed by atoms with E-state index in [1.165, 1.54) is 4.80 Å². The maximum Gasteiger partial charge on any atom is 0.243 e. The number of amides is 1. The van der Waals surface area contributed by atoms with Crippen molar-refractivity contribution in [1.29, 1.82) is 0 Å². The van der Waals surface area contributed by atoms with Crippen LogP contribution in [0.2, 0.25) is 10.0 Å². The molecule has 1 N–H and O–H groups in total. The smallest absolute Gasteiger partial charge is 0.243 e. The molecule has 0 aliphatic rings. The molecule has 6 nitrogen and oxygen atoms in total. The van der Waals surface area contributed by atoms with Gasteiger partial charge in [0, 0.05) is 22.2 Å². The zero-order valence-electron chi connectivity index (χ0n) is 12.5. The summed E-state index contributed by atoms with van der Waals surface area (Å²) < 4.78 is 0. The Balaban J connectivity index is 1.59. The molecule has 24 heavy (non-hydrogen) atoms. The van der Waals surface area contributed by atoms with Crippen LogP contribution in [0.1, 0.15) is 5.56 Å². The largest absolute Gasteiger partial charge is 0.350 e. The third-order valence-electron chi connectivity index (χ3n) is 3.27. The molecule has 0 radical (unpaired) electrons. The van der Waals surface area contributed by atoms with Gasteiger partial charge in [-0.05, 0) is 41.1 Å². The van der Waals surface area contributed by atoms with Gasteiger partial charge in [-0.1, -0.05) is 41.4 Å². The lowest BCUT2D eigenvalue weighted by Crippen LogP contribution is -2.28. The number of hydrogen-bond donors (Lipinski definition) is 1. The molecule has 0 bridgehead atoms. The summed E-state index contributed by atoms with van der Waals surface area (Å²) >= 11 is 11.9. The van der Waals surface area contributed by atoms with E-state index in [9.17, 15) is 4.79 Å². The lowest BCUT2D eigenvalue weighted by Gasteiger charge is -2.06. The van der Waals surface area contributed by atoms with Crippen molar-refractivity contribution in [2.24, 2.45) is 0 Å². The first kappa shape index (κ1) is 16.4. The number of benzene rings is 2. The van der Waals surface area contributed by atoms with E-state index < -0.39 is 0 Å². The fraction of sp³-hybridized carbons (Fsp3) is 0.125. The average molecular weight is 362 g/mol. The molecule has 3 aromatic rings. The van der Waals surface area contributed by atoms with Crippen LogP contribution in [0.15, 0.2) is 48.5 Å². The number of aromatic nitrogens is 4. The molecule has 1 aromatic heterocycles. The van der Waals surface area contributed by atoms with E-state index in [1.54, 1.807) is 30.3 Å². The zero-order chi connectivity index (χ0) is 16.9. The summed E-state index contributed by atoms with van der Waals surface area (Å²) in [6, 6.07) is 14.4. The molecule has 3 rings (SSSR count). The van der Waals surface area contributed by atoms with Gasteiger partial charge in [-0.2, -0.15) is 4.80 Å². The Hall–Kier alpha value is -2.44. The Labute approximate surface area is 148 Å². The topological polar surface area (TPSA) is 72.7 Å². The van der Waals surface area contributed by atoms with Crippen molar-refractivity contribution in [3.63, 3.8) is 0 Å². The second-order valence-electron chi connectivity index (χ2n) is 5.02. The molecule has 0 aliphatic carbocycles. The molecule has 1 heterocycles. The molecule has 2 aromatic carbocycles. The van der Waals surface area contributed by atoms with Crippen LogP contribution in [0.5, 0.6) is 0 Å². The van der Waals surface area contributed by atoms with Gasteiger partial charge in [0.05, 0.1) is 0 Å². The highest BCUT2D eigenvalue weighted by molar-refractivity contribution is 6.31. The van der Waals surface area contributed by atoms with E-state index in [4.69, 9.17) is 23.2 Å². The Morgan fingerprint density at radius 3 is 2.58 bits per heavy atom. The van der Waals surface area contributed by atoms with Gasteiger partial charge >= 0.3 is 0 Å². The van der Waals surface area contributed by atoms with Crippen molar-refractivity contribution in [3.05, 3.63) is 64.1 Å². The number of nitrogens with one attached hydrogen (secondary N) is 1. The Morgan fingerprint density at radius 2 is 1.83 bits per heavy atom. The summed E-state index contributed by atoms with van der Waals surface area (Å²) in [6.07, 6.45) is 0. The minimum absolute atomic E-state index is 0.0228. The van der Waals surface area contributed by atoms with Gasteiger partial charge in [-0.15, -0.1) is 10.2 Å². The van der Waals surface area contributed by atoms with Gasteiger partial charge in [0.15, 0.2) is 0 Å². The van der Waals surface area contributed by atoms with Crippen molar-refractivity contribution in [3.8, 4) is 11.4 Å². The molecule has 8 heteroatoms. The first-order valence-corrected chi connectivity index (χ1v) is 7.91. The summed E-state index contributed by atoms with van der Waals surface area (Å²) in [4.78, 5) is 13.2. The predicted octanol–water partition coefficient (Wildman–Crippen LogP) is 2.96. The standard InChI is InChI=1S/C16H13Cl2N5O/c17-13-7-5-11(6-8-13)16-20-22-23(21-16)10-15(24)19-9-12-3-1-2-4-14(12)18/h1-8H,9-10H2,(H,19,24). The Morgan fingerprint density at radius 1 is 1.08 bits per heavy atom. The quantitative estimate of drug-likeness (QED) is 0.758. The Bertz CT molecular complexity index is 848. The fourth-order valence-electron chi connectivity index (χ4n) is 2.04. The van der Waals surface area contributed by atoms with Gasteiger partial charge in [-0.25, -0.2) is 0 Å². The van der Waals surface area contributed by atoms with Gasteiger partial charge in [0.1, 0.15) is 6.54 Å². The van der Waals surface area contributed by atoms with Gasteiger partial charge in [0.2, 0.25) is 11.7 Å². The minimum Gasteiger partial charge on any atom is -0.350 e. The SMILES string of the molecule is O=C(Cn1nnc(-c2ccc(Cl)cc2)n1)NCc1ccccc1Cl. The molecular weight excluding hydrogens is 349 g/mol.